The van der Waals surface area contributed by atoms with Crippen LogP contribution in [0.15, 0.2) is 52.2 Å². The molecule has 0 bridgehead atoms. The fraction of sp³-hybridized carbons (Fsp3) is 0.211. The third-order valence-electron chi connectivity index (χ3n) is 4.90. The highest BCUT2D eigenvalue weighted by atomic mass is 32.2. The summed E-state index contributed by atoms with van der Waals surface area (Å²) in [5, 5.41) is 7.15. The number of hydrogen-bond acceptors (Lipinski definition) is 6. The van der Waals surface area contributed by atoms with Gasteiger partial charge in [-0.05, 0) is 42.8 Å². The molecule has 0 atom stereocenters. The Bertz CT molecular complexity index is 1250. The number of nitrogens with zero attached hydrogens (tertiary/aromatic N) is 2. The molecular weight excluding hydrogens is 398 g/mol. The quantitative estimate of drug-likeness (QED) is 0.546. The topological polar surface area (TPSA) is 64.0 Å². The van der Waals surface area contributed by atoms with Gasteiger partial charge in [0.1, 0.15) is 4.21 Å². The highest BCUT2D eigenvalue weighted by molar-refractivity contribution is 7.92. The number of aromatic nitrogens is 2. The van der Waals surface area contributed by atoms with E-state index in [9.17, 15) is 8.42 Å². The van der Waals surface area contributed by atoms with Crippen LogP contribution in [0, 0.1) is 6.92 Å². The predicted octanol–water partition coefficient (Wildman–Crippen LogP) is 4.06. The molecule has 5 nitrogen and oxygen atoms in total. The van der Waals surface area contributed by atoms with E-state index in [1.165, 1.54) is 20.9 Å². The summed E-state index contributed by atoms with van der Waals surface area (Å²) in [6.45, 7) is 3.91. The normalized spacial score (nSPS) is 15.3. The van der Waals surface area contributed by atoms with Crippen molar-refractivity contribution in [2.45, 2.75) is 17.1 Å². The molecule has 0 aliphatic carbocycles. The second kappa shape index (κ2) is 6.27. The van der Waals surface area contributed by atoms with Crippen LogP contribution in [0.3, 0.4) is 0 Å². The van der Waals surface area contributed by atoms with E-state index in [2.05, 4.69) is 16.4 Å². The van der Waals surface area contributed by atoms with Crippen LogP contribution in [0.5, 0.6) is 0 Å². The predicted molar refractivity (Wildman–Crippen MR) is 110 cm³/mol. The molecule has 0 amide bonds. The number of benzene rings is 1. The number of nitrogens with one attached hydrogen (secondary N) is 1. The molecule has 4 aromatic rings. The summed E-state index contributed by atoms with van der Waals surface area (Å²) in [6, 6.07) is 11.4. The van der Waals surface area contributed by atoms with Crippen LogP contribution in [0.25, 0.3) is 21.5 Å². The van der Waals surface area contributed by atoms with Gasteiger partial charge in [0, 0.05) is 36.0 Å². The van der Waals surface area contributed by atoms with Gasteiger partial charge in [0.25, 0.3) is 10.0 Å². The zero-order chi connectivity index (χ0) is 18.6. The van der Waals surface area contributed by atoms with Gasteiger partial charge in [0.05, 0.1) is 21.1 Å². The summed E-state index contributed by atoms with van der Waals surface area (Å²) < 4.78 is 28.1. The molecule has 5 rings (SSSR count). The Balaban J connectivity index is 1.54. The largest absolute Gasteiger partial charge is 0.315 e. The smallest absolute Gasteiger partial charge is 0.277 e. The van der Waals surface area contributed by atoms with Gasteiger partial charge in [-0.25, -0.2) is 8.96 Å². The van der Waals surface area contributed by atoms with Gasteiger partial charge in [-0.15, -0.1) is 22.7 Å². The highest BCUT2D eigenvalue weighted by Gasteiger charge is 2.23. The first-order valence-corrected chi connectivity index (χ1v) is 11.8. The van der Waals surface area contributed by atoms with Gasteiger partial charge in [0.15, 0.2) is 0 Å². The van der Waals surface area contributed by atoms with E-state index in [0.29, 0.717) is 15.6 Å². The third-order valence-corrected chi connectivity index (χ3v) is 8.94. The van der Waals surface area contributed by atoms with E-state index in [-0.39, 0.29) is 0 Å². The maximum Gasteiger partial charge on any atom is 0.277 e. The Kier molecular flexibility index (Phi) is 3.98. The third kappa shape index (κ3) is 2.84. The Morgan fingerprint density at radius 2 is 2.04 bits per heavy atom. The fourth-order valence-corrected chi connectivity index (χ4v) is 6.69. The molecule has 0 unspecified atom stereocenters. The molecule has 4 heterocycles. The molecule has 1 aromatic carbocycles. The lowest BCUT2D eigenvalue weighted by atomic mass is 9.93. The van der Waals surface area contributed by atoms with E-state index in [0.717, 1.165) is 34.1 Å². The first-order valence-electron chi connectivity index (χ1n) is 8.62. The van der Waals surface area contributed by atoms with Crippen LogP contribution >= 0.6 is 22.7 Å². The van der Waals surface area contributed by atoms with E-state index in [4.69, 9.17) is 0 Å². The van der Waals surface area contributed by atoms with Crippen molar-refractivity contribution >= 4 is 43.6 Å². The molecule has 1 aliphatic rings. The number of hydrogen-bond donors (Lipinski definition) is 1. The van der Waals surface area contributed by atoms with Gasteiger partial charge >= 0.3 is 0 Å². The summed E-state index contributed by atoms with van der Waals surface area (Å²) in [6.07, 6.45) is 1.65. The number of fused-ring (bicyclic) bond motifs is 1. The van der Waals surface area contributed by atoms with E-state index in [1.807, 2.05) is 36.6 Å². The van der Waals surface area contributed by atoms with Crippen molar-refractivity contribution in [3.8, 4) is 10.6 Å². The minimum absolute atomic E-state index is 0.327. The van der Waals surface area contributed by atoms with Gasteiger partial charge in [-0.1, -0.05) is 6.07 Å². The molecule has 27 heavy (non-hydrogen) atoms. The van der Waals surface area contributed by atoms with Crippen molar-refractivity contribution in [1.29, 1.82) is 0 Å². The molecule has 0 saturated carbocycles. The van der Waals surface area contributed by atoms with Crippen molar-refractivity contribution < 1.29 is 8.42 Å². The molecule has 8 heteroatoms. The highest BCUT2D eigenvalue weighted by Crippen LogP contribution is 2.34. The standard InChI is InChI=1S/C19H17N3O2S3/c1-12-21-16(11-25-12)18-4-5-19(26-18)27(23,24)22-7-6-14-8-13(2-3-17(14)22)15-9-20-10-15/h2-8,11,15,20H,9-10H2,1H3. The second-order valence-electron chi connectivity index (χ2n) is 6.66. The van der Waals surface area contributed by atoms with Gasteiger partial charge < -0.3 is 5.32 Å². The van der Waals surface area contributed by atoms with Crippen molar-refractivity contribution in [3.63, 3.8) is 0 Å². The van der Waals surface area contributed by atoms with Crippen molar-refractivity contribution in [3.05, 3.63) is 58.5 Å². The molecule has 0 spiro atoms. The zero-order valence-corrected chi connectivity index (χ0v) is 17.0. The minimum Gasteiger partial charge on any atom is -0.315 e. The van der Waals surface area contributed by atoms with Crippen LogP contribution in [0.2, 0.25) is 0 Å². The van der Waals surface area contributed by atoms with Crippen LogP contribution in [-0.4, -0.2) is 30.5 Å². The molecule has 1 saturated heterocycles. The molecule has 1 fully saturated rings. The Hall–Kier alpha value is -2.00. The SMILES string of the molecule is Cc1nc(-c2ccc(S(=O)(=O)n3ccc4cc(C5CNC5)ccc43)s2)cs1. The fourth-order valence-electron chi connectivity index (χ4n) is 3.29. The van der Waals surface area contributed by atoms with Crippen LogP contribution in [0.1, 0.15) is 16.5 Å². The average Bonchev–Trinajstić information content (AvgIpc) is 3.31. The minimum atomic E-state index is -3.63. The number of rotatable bonds is 4. The number of thiazole rings is 1. The van der Waals surface area contributed by atoms with Crippen molar-refractivity contribution in [1.82, 2.24) is 14.3 Å². The van der Waals surface area contributed by atoms with Gasteiger partial charge in [0.2, 0.25) is 0 Å². The monoisotopic (exact) mass is 415 g/mol. The summed E-state index contributed by atoms with van der Waals surface area (Å²) in [4.78, 5) is 5.32. The van der Waals surface area contributed by atoms with Gasteiger partial charge in [-0.2, -0.15) is 8.42 Å². The summed E-state index contributed by atoms with van der Waals surface area (Å²) in [7, 11) is -3.63. The van der Waals surface area contributed by atoms with Gasteiger partial charge in [-0.3, -0.25) is 0 Å². The lowest BCUT2D eigenvalue weighted by molar-refractivity contribution is 0.449. The Morgan fingerprint density at radius 1 is 1.19 bits per heavy atom. The summed E-state index contributed by atoms with van der Waals surface area (Å²) in [5.41, 5.74) is 2.80. The van der Waals surface area contributed by atoms with Crippen LogP contribution < -0.4 is 5.32 Å². The first kappa shape index (κ1) is 17.1. The average molecular weight is 416 g/mol. The molecule has 0 radical (unpaired) electrons. The lowest BCUT2D eigenvalue weighted by Gasteiger charge is -2.27. The Morgan fingerprint density at radius 3 is 2.74 bits per heavy atom. The van der Waals surface area contributed by atoms with E-state index in [1.54, 1.807) is 23.6 Å². The molecule has 138 valence electrons. The maximum absolute atomic E-state index is 13.2. The van der Waals surface area contributed by atoms with E-state index >= 15 is 0 Å². The van der Waals surface area contributed by atoms with Crippen molar-refractivity contribution in [2.75, 3.05) is 13.1 Å². The maximum atomic E-state index is 13.2. The Labute approximate surface area is 165 Å². The molecule has 1 aliphatic heterocycles. The summed E-state index contributed by atoms with van der Waals surface area (Å²) in [5.74, 6) is 0.524. The van der Waals surface area contributed by atoms with E-state index < -0.39 is 10.0 Å². The second-order valence-corrected chi connectivity index (χ2v) is 10.8. The first-order chi connectivity index (χ1) is 13.0. The van der Waals surface area contributed by atoms with Crippen LogP contribution in [0.4, 0.5) is 0 Å². The number of thiophene rings is 1. The molecule has 1 N–H and O–H groups in total. The molecule has 3 aromatic heterocycles. The molecular formula is C19H17N3O2S3. The number of aryl methyl sites for hydroxylation is 1. The van der Waals surface area contributed by atoms with Crippen molar-refractivity contribution in [2.24, 2.45) is 0 Å². The zero-order valence-electron chi connectivity index (χ0n) is 14.5. The lowest BCUT2D eigenvalue weighted by Crippen LogP contribution is -2.39. The summed E-state index contributed by atoms with van der Waals surface area (Å²) >= 11 is 2.82. The van der Waals surface area contributed by atoms with Crippen LogP contribution in [-0.2, 0) is 10.0 Å².